The lowest BCUT2D eigenvalue weighted by molar-refractivity contribution is -0.126. The normalized spacial score (nSPS) is 27.0. The summed E-state index contributed by atoms with van der Waals surface area (Å²) in [5.74, 6) is 1.66. The van der Waals surface area contributed by atoms with Crippen LogP contribution in [0.2, 0.25) is 0 Å². The van der Waals surface area contributed by atoms with Crippen LogP contribution in [0.25, 0.3) is 21.9 Å². The molecule has 3 heteroatoms. The van der Waals surface area contributed by atoms with E-state index in [1.165, 1.54) is 63.5 Å². The Bertz CT molecular complexity index is 1280. The van der Waals surface area contributed by atoms with Crippen LogP contribution in [-0.2, 0) is 21.6 Å². The Hall–Kier alpha value is -2.78. The molecular weight excluding hydrogens is 432 g/mol. The lowest BCUT2D eigenvalue weighted by Gasteiger charge is -2.57. The second-order valence-electron chi connectivity index (χ2n) is 11.7. The van der Waals surface area contributed by atoms with E-state index in [1.54, 1.807) is 0 Å². The molecule has 3 aromatic carbocycles. The SMILES string of the molecule is CC(=O)C(C(C)=O)c1ccc2cc(-c3ccc(CO)c(C45CC6CC(CC(C6)C4)C5)c3)ccc2c1. The zero-order chi connectivity index (χ0) is 24.3. The first-order valence-electron chi connectivity index (χ1n) is 13.1. The monoisotopic (exact) mass is 466 g/mol. The van der Waals surface area contributed by atoms with Crippen molar-refractivity contribution in [1.82, 2.24) is 0 Å². The van der Waals surface area contributed by atoms with Crippen molar-refractivity contribution in [2.75, 3.05) is 0 Å². The molecule has 0 aliphatic heterocycles. The summed E-state index contributed by atoms with van der Waals surface area (Å²) in [7, 11) is 0. The first-order chi connectivity index (χ1) is 16.8. The third-order valence-electron chi connectivity index (χ3n) is 9.23. The average molecular weight is 467 g/mol. The zero-order valence-electron chi connectivity index (χ0n) is 20.7. The maximum atomic E-state index is 12.0. The van der Waals surface area contributed by atoms with Gasteiger partial charge < -0.3 is 5.11 Å². The highest BCUT2D eigenvalue weighted by molar-refractivity contribution is 6.06. The summed E-state index contributed by atoms with van der Waals surface area (Å²) in [6, 6.07) is 19.0. The highest BCUT2D eigenvalue weighted by Gasteiger charge is 2.52. The highest BCUT2D eigenvalue weighted by atomic mass is 16.3. The second-order valence-corrected chi connectivity index (χ2v) is 11.7. The molecule has 180 valence electrons. The number of fused-ring (bicyclic) bond motifs is 1. The third-order valence-corrected chi connectivity index (χ3v) is 9.23. The van der Waals surface area contributed by atoms with Crippen molar-refractivity contribution in [1.29, 1.82) is 0 Å². The quantitative estimate of drug-likeness (QED) is 0.410. The largest absolute Gasteiger partial charge is 0.392 e. The molecule has 4 fully saturated rings. The number of aliphatic hydroxyl groups is 1. The first kappa shape index (κ1) is 22.7. The number of hydrogen-bond acceptors (Lipinski definition) is 3. The van der Waals surface area contributed by atoms with Gasteiger partial charge in [0.25, 0.3) is 0 Å². The molecule has 1 N–H and O–H groups in total. The fourth-order valence-electron chi connectivity index (χ4n) is 8.21. The predicted octanol–water partition coefficient (Wildman–Crippen LogP) is 6.73. The lowest BCUT2D eigenvalue weighted by atomic mass is 9.47. The summed E-state index contributed by atoms with van der Waals surface area (Å²) in [5.41, 5.74) is 5.85. The molecule has 4 aliphatic rings. The Labute approximate surface area is 207 Å². The predicted molar refractivity (Wildman–Crippen MR) is 139 cm³/mol. The van der Waals surface area contributed by atoms with E-state index in [1.807, 2.05) is 18.2 Å². The van der Waals surface area contributed by atoms with Crippen LogP contribution in [0.5, 0.6) is 0 Å². The third kappa shape index (κ3) is 3.85. The topological polar surface area (TPSA) is 54.4 Å². The van der Waals surface area contributed by atoms with E-state index in [2.05, 4.69) is 36.4 Å². The second kappa shape index (κ2) is 8.41. The van der Waals surface area contributed by atoms with E-state index >= 15 is 0 Å². The standard InChI is InChI=1S/C32H34O3/c1-19(34)31(20(2)35)28-7-5-24-12-25(3-4-26(24)13-28)27-6-8-29(18-33)30(14-27)32-15-21-9-22(16-32)11-23(10-21)17-32/h3-8,12-14,21-23,31,33H,9-11,15-18H2,1-2H3. The van der Waals surface area contributed by atoms with Gasteiger partial charge in [0.2, 0.25) is 0 Å². The Morgan fingerprint density at radius 1 is 0.800 bits per heavy atom. The molecule has 3 nitrogen and oxygen atoms in total. The van der Waals surface area contributed by atoms with Crippen molar-refractivity contribution >= 4 is 22.3 Å². The number of Topliss-reactive ketones (excluding diaryl/α,β-unsaturated/α-hetero) is 2. The van der Waals surface area contributed by atoms with Crippen molar-refractivity contribution < 1.29 is 14.7 Å². The molecule has 4 bridgehead atoms. The number of aliphatic hydroxyl groups excluding tert-OH is 1. The minimum atomic E-state index is -0.687. The maximum absolute atomic E-state index is 12.0. The molecular formula is C32H34O3. The summed E-state index contributed by atoms with van der Waals surface area (Å²) in [4.78, 5) is 24.1. The first-order valence-corrected chi connectivity index (χ1v) is 13.1. The summed E-state index contributed by atoms with van der Waals surface area (Å²) >= 11 is 0. The minimum Gasteiger partial charge on any atom is -0.392 e. The fraction of sp³-hybridized carbons (Fsp3) is 0.438. The van der Waals surface area contributed by atoms with Gasteiger partial charge in [0.1, 0.15) is 17.5 Å². The van der Waals surface area contributed by atoms with Crippen molar-refractivity contribution in [3.8, 4) is 11.1 Å². The molecule has 0 amide bonds. The van der Waals surface area contributed by atoms with Gasteiger partial charge in [-0.05, 0) is 126 Å². The Kier molecular flexibility index (Phi) is 5.45. The zero-order valence-corrected chi connectivity index (χ0v) is 20.7. The molecule has 0 heterocycles. The highest BCUT2D eigenvalue weighted by Crippen LogP contribution is 2.61. The van der Waals surface area contributed by atoms with Gasteiger partial charge in [-0.1, -0.05) is 42.5 Å². The smallest absolute Gasteiger partial charge is 0.144 e. The van der Waals surface area contributed by atoms with Crippen LogP contribution in [0.15, 0.2) is 54.6 Å². The molecule has 35 heavy (non-hydrogen) atoms. The van der Waals surface area contributed by atoms with Crippen molar-refractivity contribution in [3.05, 3.63) is 71.3 Å². The van der Waals surface area contributed by atoms with Crippen molar-refractivity contribution in [3.63, 3.8) is 0 Å². The molecule has 0 radical (unpaired) electrons. The van der Waals surface area contributed by atoms with Crippen LogP contribution in [-0.4, -0.2) is 16.7 Å². The van der Waals surface area contributed by atoms with E-state index in [4.69, 9.17) is 0 Å². The number of carbonyl (C=O) groups is 2. The molecule has 0 spiro atoms. The van der Waals surface area contributed by atoms with Gasteiger partial charge in [0.15, 0.2) is 0 Å². The molecule has 0 atom stereocenters. The van der Waals surface area contributed by atoms with Crippen LogP contribution in [0.3, 0.4) is 0 Å². The fourth-order valence-corrected chi connectivity index (χ4v) is 8.21. The molecule has 0 aromatic heterocycles. The minimum absolute atomic E-state index is 0.103. The molecule has 0 unspecified atom stereocenters. The van der Waals surface area contributed by atoms with E-state index < -0.39 is 5.92 Å². The van der Waals surface area contributed by atoms with Gasteiger partial charge in [-0.2, -0.15) is 0 Å². The summed E-state index contributed by atoms with van der Waals surface area (Å²) in [5, 5.41) is 12.4. The summed E-state index contributed by atoms with van der Waals surface area (Å²) < 4.78 is 0. The average Bonchev–Trinajstić information content (AvgIpc) is 2.82. The Balaban J connectivity index is 1.38. The number of rotatable bonds is 6. The summed E-state index contributed by atoms with van der Waals surface area (Å²) in [6.45, 7) is 3.07. The van der Waals surface area contributed by atoms with Crippen LogP contribution < -0.4 is 0 Å². The van der Waals surface area contributed by atoms with Gasteiger partial charge in [-0.15, -0.1) is 0 Å². The van der Waals surface area contributed by atoms with Gasteiger partial charge in [-0.3, -0.25) is 9.59 Å². The van der Waals surface area contributed by atoms with Gasteiger partial charge in [0, 0.05) is 0 Å². The van der Waals surface area contributed by atoms with Gasteiger partial charge in [0.05, 0.1) is 6.61 Å². The van der Waals surface area contributed by atoms with Crippen LogP contribution in [0.1, 0.15) is 75.0 Å². The molecule has 4 aliphatic carbocycles. The molecule has 3 aromatic rings. The van der Waals surface area contributed by atoms with Crippen LogP contribution in [0, 0.1) is 17.8 Å². The Morgan fingerprint density at radius 3 is 1.94 bits per heavy atom. The molecule has 4 saturated carbocycles. The number of carbonyl (C=O) groups excluding carboxylic acids is 2. The number of hydrogen-bond donors (Lipinski definition) is 1. The van der Waals surface area contributed by atoms with Crippen LogP contribution >= 0.6 is 0 Å². The maximum Gasteiger partial charge on any atom is 0.144 e. The van der Waals surface area contributed by atoms with E-state index in [0.717, 1.165) is 45.2 Å². The Morgan fingerprint density at radius 2 is 1.34 bits per heavy atom. The van der Waals surface area contributed by atoms with Crippen molar-refractivity contribution in [2.24, 2.45) is 17.8 Å². The number of ketones is 2. The van der Waals surface area contributed by atoms with Crippen LogP contribution in [0.4, 0.5) is 0 Å². The molecule has 0 saturated heterocycles. The molecule has 7 rings (SSSR count). The van der Waals surface area contributed by atoms with Gasteiger partial charge in [-0.25, -0.2) is 0 Å². The van der Waals surface area contributed by atoms with E-state index in [9.17, 15) is 14.7 Å². The lowest BCUT2D eigenvalue weighted by Crippen LogP contribution is -2.49. The van der Waals surface area contributed by atoms with E-state index in [-0.39, 0.29) is 23.6 Å². The number of benzene rings is 3. The van der Waals surface area contributed by atoms with Gasteiger partial charge >= 0.3 is 0 Å². The van der Waals surface area contributed by atoms with E-state index in [0.29, 0.717) is 0 Å². The summed E-state index contributed by atoms with van der Waals surface area (Å²) in [6.07, 6.45) is 8.08. The van der Waals surface area contributed by atoms with Crippen molar-refractivity contribution in [2.45, 2.75) is 70.3 Å².